The van der Waals surface area contributed by atoms with Crippen molar-refractivity contribution in [3.8, 4) is 5.69 Å². The molecule has 0 radical (unpaired) electrons. The Hall–Kier alpha value is -2.14. The molecule has 3 rings (SSSR count). The minimum Gasteiger partial charge on any atom is -0.393 e. The van der Waals surface area contributed by atoms with E-state index < -0.39 is 0 Å². The first kappa shape index (κ1) is 17.7. The van der Waals surface area contributed by atoms with Gasteiger partial charge in [0.1, 0.15) is 0 Å². The van der Waals surface area contributed by atoms with Crippen molar-refractivity contribution >= 4 is 5.91 Å². The van der Waals surface area contributed by atoms with Gasteiger partial charge < -0.3 is 10.0 Å². The number of carbonyl (C=O) groups is 1. The first-order valence-electron chi connectivity index (χ1n) is 8.94. The normalized spacial score (nSPS) is 20.0. The molecule has 1 amide bonds. The van der Waals surface area contributed by atoms with Crippen LogP contribution in [0, 0.1) is 26.7 Å². The van der Waals surface area contributed by atoms with Crippen molar-refractivity contribution in [2.45, 2.75) is 46.1 Å². The Bertz CT molecular complexity index is 761. The molecule has 1 aromatic heterocycles. The number of aryl methyl sites for hydroxylation is 3. The lowest BCUT2D eigenvalue weighted by Gasteiger charge is -2.22. The Kier molecular flexibility index (Phi) is 4.95. The molecule has 1 fully saturated rings. The molecule has 2 aromatic rings. The lowest BCUT2D eigenvalue weighted by Crippen LogP contribution is -2.34. The van der Waals surface area contributed by atoms with E-state index in [9.17, 15) is 9.90 Å². The molecule has 2 unspecified atom stereocenters. The maximum absolute atomic E-state index is 12.7. The number of nitrogens with zero attached hydrogens (tertiary/aromatic N) is 3. The van der Waals surface area contributed by atoms with E-state index in [0.717, 1.165) is 30.6 Å². The molecule has 1 aliphatic carbocycles. The Morgan fingerprint density at radius 1 is 1.20 bits per heavy atom. The number of hydrogen-bond acceptors (Lipinski definition) is 3. The molecule has 0 bridgehead atoms. The number of amides is 1. The highest BCUT2D eigenvalue weighted by Gasteiger charge is 2.28. The fourth-order valence-corrected chi connectivity index (χ4v) is 3.77. The molecule has 1 heterocycles. The number of rotatable bonds is 4. The number of aliphatic hydroxyl groups is 1. The third kappa shape index (κ3) is 3.76. The lowest BCUT2D eigenvalue weighted by atomic mass is 10.1. The molecule has 0 saturated heterocycles. The van der Waals surface area contributed by atoms with E-state index >= 15 is 0 Å². The average Bonchev–Trinajstić information content (AvgIpc) is 3.12. The fraction of sp³-hybridized carbons (Fsp3) is 0.500. The molecule has 1 aromatic carbocycles. The van der Waals surface area contributed by atoms with Crippen LogP contribution in [0.15, 0.2) is 24.3 Å². The highest BCUT2D eigenvalue weighted by atomic mass is 16.3. The van der Waals surface area contributed by atoms with Crippen molar-refractivity contribution in [3.05, 3.63) is 46.8 Å². The van der Waals surface area contributed by atoms with Gasteiger partial charge in [-0.15, -0.1) is 0 Å². The molecule has 1 N–H and O–H groups in total. The van der Waals surface area contributed by atoms with E-state index in [1.54, 1.807) is 11.9 Å². The molecule has 0 aliphatic heterocycles. The van der Waals surface area contributed by atoms with Gasteiger partial charge in [0.2, 0.25) is 0 Å². The third-order valence-electron chi connectivity index (χ3n) is 5.03. The van der Waals surface area contributed by atoms with Gasteiger partial charge in [-0.3, -0.25) is 4.79 Å². The molecule has 1 saturated carbocycles. The van der Waals surface area contributed by atoms with Gasteiger partial charge in [-0.05, 0) is 62.9 Å². The van der Waals surface area contributed by atoms with Crippen LogP contribution >= 0.6 is 0 Å². The lowest BCUT2D eigenvalue weighted by molar-refractivity contribution is 0.0688. The molecule has 2 atom stereocenters. The number of aromatic nitrogens is 2. The zero-order valence-electron chi connectivity index (χ0n) is 15.5. The molecular formula is C20H27N3O2. The summed E-state index contributed by atoms with van der Waals surface area (Å²) in [5, 5.41) is 14.5. The second-order valence-corrected chi connectivity index (χ2v) is 7.37. The summed E-state index contributed by atoms with van der Waals surface area (Å²) >= 11 is 0. The van der Waals surface area contributed by atoms with Crippen LogP contribution in [0.5, 0.6) is 0 Å². The Balaban J connectivity index is 1.80. The van der Waals surface area contributed by atoms with Crippen molar-refractivity contribution in [2.24, 2.45) is 5.92 Å². The molecule has 1 aliphatic rings. The highest BCUT2D eigenvalue weighted by Crippen LogP contribution is 2.26. The Morgan fingerprint density at radius 3 is 2.48 bits per heavy atom. The van der Waals surface area contributed by atoms with E-state index in [4.69, 9.17) is 0 Å². The standard InChI is InChI=1S/C20H27N3O2/c1-13-8-14(2)10-17(9-13)23-15(3)11-18(21-23)20(25)22(4)12-16-6-5-7-19(16)24/h8-11,16,19,24H,5-7,12H2,1-4H3. The van der Waals surface area contributed by atoms with Gasteiger partial charge in [-0.25, -0.2) is 4.68 Å². The van der Waals surface area contributed by atoms with Crippen LogP contribution < -0.4 is 0 Å². The summed E-state index contributed by atoms with van der Waals surface area (Å²) in [6.07, 6.45) is 2.57. The van der Waals surface area contributed by atoms with Crippen LogP contribution in [-0.4, -0.2) is 45.4 Å². The van der Waals surface area contributed by atoms with Crippen LogP contribution in [0.25, 0.3) is 5.69 Å². The minimum absolute atomic E-state index is 0.0923. The quantitative estimate of drug-likeness (QED) is 0.930. The maximum Gasteiger partial charge on any atom is 0.274 e. The Morgan fingerprint density at radius 2 is 1.88 bits per heavy atom. The van der Waals surface area contributed by atoms with Gasteiger partial charge in [0, 0.05) is 25.2 Å². The summed E-state index contributed by atoms with van der Waals surface area (Å²) in [4.78, 5) is 14.4. The first-order valence-corrected chi connectivity index (χ1v) is 8.94. The predicted molar refractivity (Wildman–Crippen MR) is 98.1 cm³/mol. The van der Waals surface area contributed by atoms with E-state index in [2.05, 4.69) is 37.1 Å². The van der Waals surface area contributed by atoms with Crippen molar-refractivity contribution in [2.75, 3.05) is 13.6 Å². The Labute approximate surface area is 149 Å². The first-order chi connectivity index (χ1) is 11.8. The molecule has 0 spiro atoms. The third-order valence-corrected chi connectivity index (χ3v) is 5.03. The second kappa shape index (κ2) is 7.00. The number of aliphatic hydroxyl groups excluding tert-OH is 1. The fourth-order valence-electron chi connectivity index (χ4n) is 3.77. The monoisotopic (exact) mass is 341 g/mol. The topological polar surface area (TPSA) is 58.4 Å². The SMILES string of the molecule is Cc1cc(C)cc(-n2nc(C(=O)N(C)CC3CCCC3O)cc2C)c1. The summed E-state index contributed by atoms with van der Waals surface area (Å²) in [6, 6.07) is 8.09. The van der Waals surface area contributed by atoms with E-state index in [0.29, 0.717) is 12.2 Å². The van der Waals surface area contributed by atoms with Gasteiger partial charge >= 0.3 is 0 Å². The van der Waals surface area contributed by atoms with E-state index in [1.165, 1.54) is 11.1 Å². The van der Waals surface area contributed by atoms with E-state index in [-0.39, 0.29) is 17.9 Å². The largest absolute Gasteiger partial charge is 0.393 e. The molecule has 25 heavy (non-hydrogen) atoms. The zero-order valence-corrected chi connectivity index (χ0v) is 15.5. The van der Waals surface area contributed by atoms with Crippen LogP contribution in [0.3, 0.4) is 0 Å². The summed E-state index contributed by atoms with van der Waals surface area (Å²) < 4.78 is 1.82. The molecular weight excluding hydrogens is 314 g/mol. The second-order valence-electron chi connectivity index (χ2n) is 7.37. The number of hydrogen-bond donors (Lipinski definition) is 1. The van der Waals surface area contributed by atoms with Gasteiger partial charge in [0.05, 0.1) is 11.8 Å². The van der Waals surface area contributed by atoms with Crippen LogP contribution in [0.1, 0.15) is 46.6 Å². The number of benzene rings is 1. The smallest absolute Gasteiger partial charge is 0.274 e. The van der Waals surface area contributed by atoms with Crippen LogP contribution in [0.2, 0.25) is 0 Å². The van der Waals surface area contributed by atoms with Crippen LogP contribution in [0.4, 0.5) is 0 Å². The van der Waals surface area contributed by atoms with Gasteiger partial charge in [-0.1, -0.05) is 12.5 Å². The van der Waals surface area contributed by atoms with Crippen molar-refractivity contribution < 1.29 is 9.90 Å². The molecule has 5 heteroatoms. The van der Waals surface area contributed by atoms with Gasteiger partial charge in [0.15, 0.2) is 5.69 Å². The zero-order chi connectivity index (χ0) is 18.1. The summed E-state index contributed by atoms with van der Waals surface area (Å²) in [6.45, 7) is 6.65. The summed E-state index contributed by atoms with van der Waals surface area (Å²) in [5.74, 6) is 0.0851. The predicted octanol–water partition coefficient (Wildman–Crippen LogP) is 3.03. The minimum atomic E-state index is -0.287. The number of carbonyl (C=O) groups excluding carboxylic acids is 1. The summed E-state index contributed by atoms with van der Waals surface area (Å²) in [5.41, 5.74) is 4.70. The average molecular weight is 341 g/mol. The highest BCUT2D eigenvalue weighted by molar-refractivity contribution is 5.92. The van der Waals surface area contributed by atoms with E-state index in [1.807, 2.05) is 17.7 Å². The van der Waals surface area contributed by atoms with Gasteiger partial charge in [-0.2, -0.15) is 5.10 Å². The summed E-state index contributed by atoms with van der Waals surface area (Å²) in [7, 11) is 1.79. The molecule has 134 valence electrons. The van der Waals surface area contributed by atoms with Gasteiger partial charge in [0.25, 0.3) is 5.91 Å². The molecule has 5 nitrogen and oxygen atoms in total. The van der Waals surface area contributed by atoms with Crippen molar-refractivity contribution in [3.63, 3.8) is 0 Å². The maximum atomic E-state index is 12.7. The van der Waals surface area contributed by atoms with Crippen molar-refractivity contribution in [1.29, 1.82) is 0 Å². The van der Waals surface area contributed by atoms with Crippen molar-refractivity contribution in [1.82, 2.24) is 14.7 Å². The van der Waals surface area contributed by atoms with Crippen LogP contribution in [-0.2, 0) is 0 Å².